The molecule has 2 bridgehead atoms. The molecule has 204 valence electrons. The Bertz CT molecular complexity index is 1400. The third-order valence-electron chi connectivity index (χ3n) is 8.23. The molecule has 7 rings (SSSR count). The van der Waals surface area contributed by atoms with Crippen LogP contribution in [-0.2, 0) is 23.9 Å². The molecular weight excluding hydrogens is 511 g/mol. The Labute approximate surface area is 231 Å². The van der Waals surface area contributed by atoms with E-state index in [9.17, 15) is 23.6 Å². The lowest BCUT2D eigenvalue weighted by Gasteiger charge is -2.45. The lowest BCUT2D eigenvalue weighted by molar-refractivity contribution is -0.160. The zero-order valence-electron chi connectivity index (χ0n) is 22.2. The molecule has 3 amide bonds. The lowest BCUT2D eigenvalue weighted by Crippen LogP contribution is -2.47. The summed E-state index contributed by atoms with van der Waals surface area (Å²) in [7, 11) is 0. The van der Waals surface area contributed by atoms with E-state index in [-0.39, 0.29) is 36.0 Å². The minimum absolute atomic E-state index is 0.0278. The van der Waals surface area contributed by atoms with Crippen LogP contribution in [0.25, 0.3) is 0 Å². The van der Waals surface area contributed by atoms with Gasteiger partial charge in [0.2, 0.25) is 11.8 Å². The van der Waals surface area contributed by atoms with Crippen molar-refractivity contribution in [2.24, 2.45) is 17.8 Å². The Morgan fingerprint density at radius 2 is 1.30 bits per heavy atom. The van der Waals surface area contributed by atoms with Crippen molar-refractivity contribution >= 4 is 29.4 Å². The average Bonchev–Trinajstić information content (AvgIpc) is 3.21. The van der Waals surface area contributed by atoms with Gasteiger partial charge in [0, 0.05) is 17.5 Å². The number of carbonyl (C=O) groups excluding carboxylic acids is 4. The standard InChI is InChI=1S/C32H29FN2O5/c1-17(2)15-24(32(39)40-16-25(36)34-19-13-11-18(33)12-14-19)35-30(37)28-26-20-7-3-4-8-21(20)27(29(28)31(35)38)23-10-6-5-9-22(23)26/h3-14,17,24,26-29H,15-16H2,1-2H3,(H,34,36)/t24-,26?,27?,28-,29+/m1/s1. The van der Waals surface area contributed by atoms with E-state index < -0.39 is 42.2 Å². The molecule has 3 aromatic rings. The molecule has 0 spiro atoms. The molecule has 3 aromatic carbocycles. The van der Waals surface area contributed by atoms with Crippen molar-refractivity contribution in [3.8, 4) is 0 Å². The van der Waals surface area contributed by atoms with Gasteiger partial charge < -0.3 is 10.1 Å². The Balaban J connectivity index is 1.27. The maximum absolute atomic E-state index is 14.1. The number of anilines is 1. The summed E-state index contributed by atoms with van der Waals surface area (Å²) in [4.78, 5) is 55.1. The number of nitrogens with one attached hydrogen (secondary N) is 1. The fourth-order valence-corrected chi connectivity index (χ4v) is 6.72. The van der Waals surface area contributed by atoms with Crippen LogP contribution in [0.1, 0.15) is 54.4 Å². The molecule has 8 heteroatoms. The number of nitrogens with zero attached hydrogens (tertiary/aromatic N) is 1. The summed E-state index contributed by atoms with van der Waals surface area (Å²) in [5.41, 5.74) is 4.56. The summed E-state index contributed by atoms with van der Waals surface area (Å²) in [6, 6.07) is 20.0. The number of rotatable bonds is 7. The number of hydrogen-bond acceptors (Lipinski definition) is 5. The van der Waals surface area contributed by atoms with Crippen LogP contribution in [-0.4, -0.2) is 41.2 Å². The highest BCUT2D eigenvalue weighted by molar-refractivity contribution is 6.10. The zero-order valence-corrected chi connectivity index (χ0v) is 22.2. The summed E-state index contributed by atoms with van der Waals surface area (Å²) in [6.45, 7) is 3.19. The average molecular weight is 541 g/mol. The van der Waals surface area contributed by atoms with Gasteiger partial charge in [-0.3, -0.25) is 19.3 Å². The fraction of sp³-hybridized carbons (Fsp3) is 0.312. The third kappa shape index (κ3) is 4.18. The summed E-state index contributed by atoms with van der Waals surface area (Å²) < 4.78 is 18.5. The SMILES string of the molecule is CC(C)C[C@H](C(=O)OCC(=O)Nc1ccc(F)cc1)N1C(=O)[C@@H]2C3c4ccccc4C(c4ccccc43)[C@@H]2C1=O. The number of hydrogen-bond donors (Lipinski definition) is 1. The predicted octanol–water partition coefficient (Wildman–Crippen LogP) is 4.61. The van der Waals surface area contributed by atoms with Gasteiger partial charge in [-0.05, 0) is 58.9 Å². The Morgan fingerprint density at radius 3 is 1.75 bits per heavy atom. The van der Waals surface area contributed by atoms with Gasteiger partial charge in [-0.1, -0.05) is 62.4 Å². The molecule has 1 saturated heterocycles. The van der Waals surface area contributed by atoms with Crippen LogP contribution in [0.3, 0.4) is 0 Å². The number of esters is 1. The smallest absolute Gasteiger partial charge is 0.329 e. The largest absolute Gasteiger partial charge is 0.454 e. The molecule has 40 heavy (non-hydrogen) atoms. The second-order valence-corrected chi connectivity index (χ2v) is 11.1. The fourth-order valence-electron chi connectivity index (χ4n) is 6.72. The van der Waals surface area contributed by atoms with Gasteiger partial charge in [-0.2, -0.15) is 0 Å². The van der Waals surface area contributed by atoms with Gasteiger partial charge >= 0.3 is 5.97 Å². The predicted molar refractivity (Wildman–Crippen MR) is 145 cm³/mol. The minimum Gasteiger partial charge on any atom is -0.454 e. The van der Waals surface area contributed by atoms with Crippen LogP contribution < -0.4 is 5.32 Å². The molecule has 0 unspecified atom stereocenters. The van der Waals surface area contributed by atoms with Crippen molar-refractivity contribution in [1.29, 1.82) is 0 Å². The molecule has 1 N–H and O–H groups in total. The zero-order chi connectivity index (χ0) is 28.1. The van der Waals surface area contributed by atoms with E-state index in [4.69, 9.17) is 4.74 Å². The van der Waals surface area contributed by atoms with Crippen LogP contribution >= 0.6 is 0 Å². The maximum Gasteiger partial charge on any atom is 0.329 e. The highest BCUT2D eigenvalue weighted by Gasteiger charge is 2.63. The summed E-state index contributed by atoms with van der Waals surface area (Å²) >= 11 is 0. The topological polar surface area (TPSA) is 92.8 Å². The number of ether oxygens (including phenoxy) is 1. The first-order chi connectivity index (χ1) is 19.3. The van der Waals surface area contributed by atoms with Crippen LogP contribution in [0.2, 0.25) is 0 Å². The maximum atomic E-state index is 14.1. The van der Waals surface area contributed by atoms with Gasteiger partial charge in [0.25, 0.3) is 5.91 Å². The molecule has 1 aliphatic heterocycles. The van der Waals surface area contributed by atoms with Crippen molar-refractivity contribution in [2.45, 2.75) is 38.1 Å². The molecule has 3 atom stereocenters. The number of imide groups is 1. The molecule has 0 aromatic heterocycles. The Kier molecular flexibility index (Phi) is 6.49. The van der Waals surface area contributed by atoms with E-state index >= 15 is 0 Å². The number of halogens is 1. The highest BCUT2D eigenvalue weighted by Crippen LogP contribution is 2.61. The van der Waals surface area contributed by atoms with Crippen molar-refractivity contribution in [1.82, 2.24) is 4.90 Å². The van der Waals surface area contributed by atoms with Crippen molar-refractivity contribution < 1.29 is 28.3 Å². The molecule has 1 fully saturated rings. The van der Waals surface area contributed by atoms with Crippen LogP contribution in [0, 0.1) is 23.6 Å². The number of amides is 3. The number of likely N-dealkylation sites (tertiary alicyclic amines) is 1. The van der Waals surface area contributed by atoms with E-state index in [2.05, 4.69) is 5.32 Å². The van der Waals surface area contributed by atoms with Gasteiger partial charge in [-0.25, -0.2) is 9.18 Å². The van der Waals surface area contributed by atoms with E-state index in [0.29, 0.717) is 5.69 Å². The molecule has 0 saturated carbocycles. The summed E-state index contributed by atoms with van der Waals surface area (Å²) in [5, 5.41) is 2.54. The second-order valence-electron chi connectivity index (χ2n) is 11.1. The second kappa shape index (κ2) is 10.0. The van der Waals surface area contributed by atoms with Crippen molar-refractivity contribution in [3.63, 3.8) is 0 Å². The van der Waals surface area contributed by atoms with Gasteiger partial charge in [-0.15, -0.1) is 0 Å². The van der Waals surface area contributed by atoms with Gasteiger partial charge in [0.15, 0.2) is 6.61 Å². The monoisotopic (exact) mass is 540 g/mol. The molecule has 3 aliphatic carbocycles. The Morgan fingerprint density at radius 1 is 0.825 bits per heavy atom. The highest BCUT2D eigenvalue weighted by atomic mass is 19.1. The minimum atomic E-state index is -1.14. The number of benzene rings is 3. The lowest BCUT2D eigenvalue weighted by atomic mass is 9.55. The summed E-state index contributed by atoms with van der Waals surface area (Å²) in [6.07, 6.45) is 0.213. The van der Waals surface area contributed by atoms with Crippen molar-refractivity contribution in [3.05, 3.63) is 101 Å². The van der Waals surface area contributed by atoms with E-state index in [1.54, 1.807) is 0 Å². The van der Waals surface area contributed by atoms with Crippen LogP contribution in [0.5, 0.6) is 0 Å². The van der Waals surface area contributed by atoms with E-state index in [1.165, 1.54) is 24.3 Å². The third-order valence-corrected chi connectivity index (χ3v) is 8.23. The van der Waals surface area contributed by atoms with Crippen molar-refractivity contribution in [2.75, 3.05) is 11.9 Å². The van der Waals surface area contributed by atoms with Gasteiger partial charge in [0.05, 0.1) is 11.8 Å². The molecular formula is C32H29FN2O5. The molecule has 7 nitrogen and oxygen atoms in total. The number of carbonyl (C=O) groups is 4. The van der Waals surface area contributed by atoms with Gasteiger partial charge in [0.1, 0.15) is 11.9 Å². The quantitative estimate of drug-likeness (QED) is 0.349. The van der Waals surface area contributed by atoms with Crippen LogP contribution in [0.15, 0.2) is 72.8 Å². The molecule has 0 radical (unpaired) electrons. The molecule has 4 aliphatic rings. The first-order valence-electron chi connectivity index (χ1n) is 13.5. The summed E-state index contributed by atoms with van der Waals surface area (Å²) in [5.74, 6) is -4.38. The van der Waals surface area contributed by atoms with E-state index in [1.807, 2.05) is 62.4 Å². The van der Waals surface area contributed by atoms with E-state index in [0.717, 1.165) is 27.2 Å². The first kappa shape index (κ1) is 25.9. The first-order valence-corrected chi connectivity index (χ1v) is 13.5. The molecule has 1 heterocycles. The van der Waals surface area contributed by atoms with Crippen LogP contribution in [0.4, 0.5) is 10.1 Å². The normalized spacial score (nSPS) is 22.9. The Hall–Kier alpha value is -4.33.